The zero-order valence-electron chi connectivity index (χ0n) is 11.7. The number of carbonyl (C=O) groups is 1. The average molecular weight is 324 g/mol. The number of rotatable bonds is 4. The van der Waals surface area contributed by atoms with Gasteiger partial charge in [-0.2, -0.15) is 0 Å². The minimum atomic E-state index is -0.968. The fraction of sp³-hybridized carbons (Fsp3) is 0.188. The third-order valence-corrected chi connectivity index (χ3v) is 3.86. The maximum absolute atomic E-state index is 10.7. The molecular weight excluding hydrogens is 309 g/mol. The summed E-state index contributed by atoms with van der Waals surface area (Å²) in [7, 11) is 0. The predicted molar refractivity (Wildman–Crippen MR) is 86.1 cm³/mol. The zero-order chi connectivity index (χ0) is 15.6. The Kier molecular flexibility index (Phi) is 4.76. The SMILES string of the molecule is Cc1cc(C)n(Cc2ccc(Cl)cc2Cl)c1C=CC(=O)O. The fourth-order valence-corrected chi connectivity index (χ4v) is 2.74. The zero-order valence-corrected chi connectivity index (χ0v) is 13.2. The minimum absolute atomic E-state index is 0.564. The summed E-state index contributed by atoms with van der Waals surface area (Å²) >= 11 is 12.1. The molecule has 0 fully saturated rings. The van der Waals surface area contributed by atoms with Crippen molar-refractivity contribution in [3.8, 4) is 0 Å². The molecule has 2 aromatic rings. The Morgan fingerprint density at radius 1 is 1.29 bits per heavy atom. The quantitative estimate of drug-likeness (QED) is 0.838. The molecule has 0 aliphatic rings. The summed E-state index contributed by atoms with van der Waals surface area (Å²) in [5.74, 6) is -0.968. The first-order valence-electron chi connectivity index (χ1n) is 6.40. The molecule has 5 heteroatoms. The fourth-order valence-electron chi connectivity index (χ4n) is 2.27. The molecule has 0 unspecified atom stereocenters. The summed E-state index contributed by atoms with van der Waals surface area (Å²) in [5.41, 5.74) is 3.87. The van der Waals surface area contributed by atoms with Gasteiger partial charge < -0.3 is 9.67 Å². The van der Waals surface area contributed by atoms with Crippen LogP contribution < -0.4 is 0 Å². The van der Waals surface area contributed by atoms with Crippen LogP contribution in [0.1, 0.15) is 22.5 Å². The molecule has 3 nitrogen and oxygen atoms in total. The van der Waals surface area contributed by atoms with E-state index in [1.807, 2.05) is 30.5 Å². The van der Waals surface area contributed by atoms with Crippen LogP contribution >= 0.6 is 23.2 Å². The van der Waals surface area contributed by atoms with Crippen molar-refractivity contribution in [1.82, 2.24) is 4.57 Å². The highest BCUT2D eigenvalue weighted by Gasteiger charge is 2.10. The lowest BCUT2D eigenvalue weighted by Crippen LogP contribution is -2.05. The molecule has 0 radical (unpaired) electrons. The topological polar surface area (TPSA) is 42.2 Å². The molecule has 1 aromatic carbocycles. The molecule has 2 rings (SSSR count). The number of nitrogens with zero attached hydrogens (tertiary/aromatic N) is 1. The van der Waals surface area contributed by atoms with E-state index < -0.39 is 5.97 Å². The van der Waals surface area contributed by atoms with Gasteiger partial charge in [0, 0.05) is 34.1 Å². The average Bonchev–Trinajstić information content (AvgIpc) is 2.65. The molecule has 21 heavy (non-hydrogen) atoms. The van der Waals surface area contributed by atoms with Gasteiger partial charge in [0.2, 0.25) is 0 Å². The lowest BCUT2D eigenvalue weighted by Gasteiger charge is -2.12. The molecule has 1 N–H and O–H groups in total. The molecule has 0 saturated carbocycles. The van der Waals surface area contributed by atoms with Crippen LogP contribution in [-0.4, -0.2) is 15.6 Å². The van der Waals surface area contributed by atoms with Crippen molar-refractivity contribution in [3.63, 3.8) is 0 Å². The summed E-state index contributed by atoms with van der Waals surface area (Å²) in [4.78, 5) is 10.7. The lowest BCUT2D eigenvalue weighted by molar-refractivity contribution is -0.131. The molecule has 1 aromatic heterocycles. The number of halogens is 2. The van der Waals surface area contributed by atoms with Gasteiger partial charge in [0.05, 0.1) is 0 Å². The summed E-state index contributed by atoms with van der Waals surface area (Å²) in [5, 5.41) is 9.99. The lowest BCUT2D eigenvalue weighted by atomic mass is 10.2. The van der Waals surface area contributed by atoms with Crippen LogP contribution in [0.25, 0.3) is 6.08 Å². The second kappa shape index (κ2) is 6.37. The smallest absolute Gasteiger partial charge is 0.328 e. The van der Waals surface area contributed by atoms with Crippen LogP contribution in [0, 0.1) is 13.8 Å². The maximum atomic E-state index is 10.7. The predicted octanol–water partition coefficient (Wildman–Crippen LogP) is 4.56. The minimum Gasteiger partial charge on any atom is -0.478 e. The number of hydrogen-bond donors (Lipinski definition) is 1. The van der Waals surface area contributed by atoms with Gasteiger partial charge >= 0.3 is 5.97 Å². The van der Waals surface area contributed by atoms with Crippen molar-refractivity contribution >= 4 is 35.2 Å². The van der Waals surface area contributed by atoms with E-state index in [1.165, 1.54) is 0 Å². The normalized spacial score (nSPS) is 11.2. The highest BCUT2D eigenvalue weighted by atomic mass is 35.5. The number of aromatic nitrogens is 1. The summed E-state index contributed by atoms with van der Waals surface area (Å²) in [6, 6.07) is 7.40. The monoisotopic (exact) mass is 323 g/mol. The first-order chi connectivity index (χ1) is 9.88. The van der Waals surface area contributed by atoms with E-state index in [-0.39, 0.29) is 0 Å². The molecule has 0 spiro atoms. The van der Waals surface area contributed by atoms with Gasteiger partial charge in [-0.3, -0.25) is 0 Å². The molecule has 0 aliphatic heterocycles. The first kappa shape index (κ1) is 15.7. The Bertz CT molecular complexity index is 717. The number of carboxylic acid groups (broad SMARTS) is 1. The van der Waals surface area contributed by atoms with E-state index in [0.717, 1.165) is 28.6 Å². The van der Waals surface area contributed by atoms with Crippen LogP contribution in [0.2, 0.25) is 10.0 Å². The van der Waals surface area contributed by atoms with Crippen molar-refractivity contribution in [2.75, 3.05) is 0 Å². The van der Waals surface area contributed by atoms with Gasteiger partial charge in [-0.1, -0.05) is 29.3 Å². The second-order valence-corrected chi connectivity index (χ2v) is 5.69. The highest BCUT2D eigenvalue weighted by molar-refractivity contribution is 6.35. The largest absolute Gasteiger partial charge is 0.478 e. The number of carboxylic acids is 1. The molecule has 0 aliphatic carbocycles. The van der Waals surface area contributed by atoms with Crippen LogP contribution in [0.5, 0.6) is 0 Å². The van der Waals surface area contributed by atoms with Crippen molar-refractivity contribution in [2.24, 2.45) is 0 Å². The van der Waals surface area contributed by atoms with E-state index in [9.17, 15) is 4.79 Å². The maximum Gasteiger partial charge on any atom is 0.328 e. The Labute approximate surface area is 133 Å². The van der Waals surface area contributed by atoms with E-state index >= 15 is 0 Å². The summed E-state index contributed by atoms with van der Waals surface area (Å²) < 4.78 is 2.03. The van der Waals surface area contributed by atoms with Gasteiger partial charge in [-0.25, -0.2) is 4.79 Å². The molecule has 110 valence electrons. The second-order valence-electron chi connectivity index (χ2n) is 4.85. The van der Waals surface area contributed by atoms with Gasteiger partial charge in [0.15, 0.2) is 0 Å². The number of aliphatic carboxylic acids is 1. The van der Waals surface area contributed by atoms with E-state index in [0.29, 0.717) is 16.6 Å². The van der Waals surface area contributed by atoms with E-state index in [2.05, 4.69) is 0 Å². The van der Waals surface area contributed by atoms with Crippen LogP contribution in [0.15, 0.2) is 30.3 Å². The molecule has 1 heterocycles. The molecule has 0 atom stereocenters. The summed E-state index contributed by atoms with van der Waals surface area (Å²) in [6.07, 6.45) is 2.75. The van der Waals surface area contributed by atoms with Crippen molar-refractivity contribution in [3.05, 3.63) is 62.9 Å². The van der Waals surface area contributed by atoms with Crippen molar-refractivity contribution < 1.29 is 9.90 Å². The standard InChI is InChI=1S/C16H15Cl2NO2/c1-10-7-11(2)19(15(10)5-6-16(20)21)9-12-3-4-13(17)8-14(12)18/h3-8H,9H2,1-2H3,(H,20,21). The van der Waals surface area contributed by atoms with Gasteiger partial charge in [-0.15, -0.1) is 0 Å². The van der Waals surface area contributed by atoms with Crippen LogP contribution in [-0.2, 0) is 11.3 Å². The highest BCUT2D eigenvalue weighted by Crippen LogP contribution is 2.24. The number of benzene rings is 1. The Morgan fingerprint density at radius 3 is 2.62 bits per heavy atom. The van der Waals surface area contributed by atoms with E-state index in [1.54, 1.807) is 18.2 Å². The van der Waals surface area contributed by atoms with Crippen molar-refractivity contribution in [2.45, 2.75) is 20.4 Å². The Morgan fingerprint density at radius 2 is 2.00 bits per heavy atom. The summed E-state index contributed by atoms with van der Waals surface area (Å²) in [6.45, 7) is 4.50. The van der Waals surface area contributed by atoms with Gasteiger partial charge in [0.1, 0.15) is 0 Å². The van der Waals surface area contributed by atoms with Gasteiger partial charge in [0.25, 0.3) is 0 Å². The molecular formula is C16H15Cl2NO2. The van der Waals surface area contributed by atoms with Gasteiger partial charge in [-0.05, 0) is 49.2 Å². The molecule has 0 bridgehead atoms. The van der Waals surface area contributed by atoms with Crippen LogP contribution in [0.3, 0.4) is 0 Å². The third-order valence-electron chi connectivity index (χ3n) is 3.27. The molecule has 0 saturated heterocycles. The van der Waals surface area contributed by atoms with Crippen LogP contribution in [0.4, 0.5) is 0 Å². The Balaban J connectivity index is 2.41. The van der Waals surface area contributed by atoms with E-state index in [4.69, 9.17) is 28.3 Å². The first-order valence-corrected chi connectivity index (χ1v) is 7.15. The number of aryl methyl sites for hydroxylation is 2. The third kappa shape index (κ3) is 3.69. The number of hydrogen-bond acceptors (Lipinski definition) is 1. The van der Waals surface area contributed by atoms with Crippen molar-refractivity contribution in [1.29, 1.82) is 0 Å². The molecule has 0 amide bonds. The Hall–Kier alpha value is -1.71.